The second-order valence-electron chi connectivity index (χ2n) is 6.43. The molecule has 138 valence electrons. The van der Waals surface area contributed by atoms with Crippen LogP contribution in [-0.2, 0) is 11.3 Å². The van der Waals surface area contributed by atoms with Crippen LogP contribution < -0.4 is 10.9 Å². The number of carbonyl (C=O) groups excluding carboxylic acids is 1. The van der Waals surface area contributed by atoms with Crippen molar-refractivity contribution in [2.75, 3.05) is 5.75 Å². The summed E-state index contributed by atoms with van der Waals surface area (Å²) < 4.78 is 6.95. The quantitative estimate of drug-likeness (QED) is 0.682. The Labute approximate surface area is 159 Å². The predicted molar refractivity (Wildman–Crippen MR) is 101 cm³/mol. The van der Waals surface area contributed by atoms with Crippen LogP contribution >= 0.6 is 11.8 Å². The number of nitrogens with one attached hydrogen (secondary N) is 1. The van der Waals surface area contributed by atoms with Gasteiger partial charge in [-0.3, -0.25) is 14.2 Å². The van der Waals surface area contributed by atoms with Crippen molar-refractivity contribution in [3.63, 3.8) is 0 Å². The molecule has 7 nitrogen and oxygen atoms in total. The summed E-state index contributed by atoms with van der Waals surface area (Å²) in [4.78, 5) is 28.5. The number of aryl methyl sites for hydroxylation is 1. The molecule has 0 spiro atoms. The lowest BCUT2D eigenvalue weighted by Gasteiger charge is -2.12. The second kappa shape index (κ2) is 7.40. The molecule has 1 amide bonds. The average Bonchev–Trinajstić information content (AvgIpc) is 3.29. The van der Waals surface area contributed by atoms with Gasteiger partial charge in [-0.05, 0) is 6.92 Å². The lowest BCUT2D eigenvalue weighted by molar-refractivity contribution is -0.121. The number of fused-ring (bicyclic) bond motifs is 1. The summed E-state index contributed by atoms with van der Waals surface area (Å²) in [5.74, 6) is 1.20. The Morgan fingerprint density at radius 3 is 2.96 bits per heavy atom. The second-order valence-corrected chi connectivity index (χ2v) is 7.42. The highest BCUT2D eigenvalue weighted by Gasteiger charge is 2.26. The van der Waals surface area contributed by atoms with Crippen molar-refractivity contribution in [3.8, 4) is 11.3 Å². The molecule has 2 aromatic heterocycles. The maximum Gasteiger partial charge on any atom is 0.254 e. The number of aromatic nitrogens is 3. The first-order valence-electron chi connectivity index (χ1n) is 8.60. The van der Waals surface area contributed by atoms with Crippen molar-refractivity contribution in [3.05, 3.63) is 64.2 Å². The normalized spacial score (nSPS) is 15.5. The van der Waals surface area contributed by atoms with Gasteiger partial charge in [0, 0.05) is 36.1 Å². The molecule has 1 unspecified atom stereocenters. The maximum atomic E-state index is 12.3. The van der Waals surface area contributed by atoms with Crippen LogP contribution in [0.25, 0.3) is 11.3 Å². The van der Waals surface area contributed by atoms with Gasteiger partial charge >= 0.3 is 0 Å². The molecular formula is C19H18N4O3S. The molecule has 27 heavy (non-hydrogen) atoms. The van der Waals surface area contributed by atoms with E-state index in [1.165, 1.54) is 29.6 Å². The molecule has 1 N–H and O–H groups in total. The number of hydrogen-bond acceptors (Lipinski definition) is 6. The number of nitrogens with zero attached hydrogens (tertiary/aromatic N) is 3. The van der Waals surface area contributed by atoms with Crippen LogP contribution in [0.3, 0.4) is 0 Å². The van der Waals surface area contributed by atoms with Gasteiger partial charge in [-0.25, -0.2) is 4.98 Å². The van der Waals surface area contributed by atoms with Crippen molar-refractivity contribution in [2.24, 2.45) is 0 Å². The smallest absolute Gasteiger partial charge is 0.254 e. The Hall–Kier alpha value is -2.87. The first kappa shape index (κ1) is 17.5. The minimum atomic E-state index is -0.174. The van der Waals surface area contributed by atoms with Crippen molar-refractivity contribution in [1.82, 2.24) is 20.0 Å². The van der Waals surface area contributed by atoms with Gasteiger partial charge in [0.2, 0.25) is 5.91 Å². The highest BCUT2D eigenvalue weighted by Crippen LogP contribution is 2.31. The summed E-state index contributed by atoms with van der Waals surface area (Å²) in [5, 5.41) is 7.52. The van der Waals surface area contributed by atoms with Crippen LogP contribution in [-0.4, -0.2) is 26.4 Å². The SMILES string of the molecule is Cc1ccc(-c2cc(CNC(=O)CC3CSc4nccc(=O)n43)no2)cc1. The number of rotatable bonds is 5. The molecule has 8 heteroatoms. The largest absolute Gasteiger partial charge is 0.356 e. The molecule has 0 saturated carbocycles. The number of thioether (sulfide) groups is 1. The highest BCUT2D eigenvalue weighted by molar-refractivity contribution is 7.99. The van der Waals surface area contributed by atoms with Gasteiger partial charge in [-0.2, -0.15) is 0 Å². The number of amides is 1. The fourth-order valence-corrected chi connectivity index (χ4v) is 4.09. The molecule has 1 aliphatic heterocycles. The van der Waals surface area contributed by atoms with E-state index < -0.39 is 0 Å². The van der Waals surface area contributed by atoms with E-state index in [9.17, 15) is 9.59 Å². The summed E-state index contributed by atoms with van der Waals surface area (Å²) in [7, 11) is 0. The molecule has 1 aromatic carbocycles. The summed E-state index contributed by atoms with van der Waals surface area (Å²) in [6, 6.07) is 11.0. The van der Waals surface area contributed by atoms with Gasteiger partial charge in [0.15, 0.2) is 10.9 Å². The summed E-state index contributed by atoms with van der Waals surface area (Å²) in [5.41, 5.74) is 2.64. The Balaban J connectivity index is 1.36. The Morgan fingerprint density at radius 1 is 1.33 bits per heavy atom. The van der Waals surface area contributed by atoms with Crippen molar-refractivity contribution < 1.29 is 9.32 Å². The fraction of sp³-hybridized carbons (Fsp3) is 0.263. The van der Waals surface area contributed by atoms with E-state index in [-0.39, 0.29) is 30.5 Å². The molecular weight excluding hydrogens is 364 g/mol. The van der Waals surface area contributed by atoms with Gasteiger partial charge in [0.25, 0.3) is 5.56 Å². The third kappa shape index (κ3) is 3.80. The molecule has 1 aliphatic rings. The molecule has 0 fully saturated rings. The van der Waals surface area contributed by atoms with E-state index in [1.54, 1.807) is 4.57 Å². The van der Waals surface area contributed by atoms with Crippen LogP contribution in [0.2, 0.25) is 0 Å². The minimum absolute atomic E-state index is 0.123. The van der Waals surface area contributed by atoms with E-state index in [2.05, 4.69) is 15.5 Å². The molecule has 3 aromatic rings. The fourth-order valence-electron chi connectivity index (χ4n) is 2.96. The number of benzene rings is 1. The predicted octanol–water partition coefficient (Wildman–Crippen LogP) is 2.56. The van der Waals surface area contributed by atoms with E-state index in [0.29, 0.717) is 22.4 Å². The van der Waals surface area contributed by atoms with E-state index in [4.69, 9.17) is 4.52 Å². The zero-order chi connectivity index (χ0) is 18.8. The summed E-state index contributed by atoms with van der Waals surface area (Å²) in [6.07, 6.45) is 1.73. The van der Waals surface area contributed by atoms with Gasteiger partial charge in [0.1, 0.15) is 5.69 Å². The third-order valence-electron chi connectivity index (χ3n) is 4.40. The molecule has 1 atom stereocenters. The zero-order valence-corrected chi connectivity index (χ0v) is 15.5. The summed E-state index contributed by atoms with van der Waals surface area (Å²) >= 11 is 1.49. The summed E-state index contributed by atoms with van der Waals surface area (Å²) in [6.45, 7) is 2.30. The maximum absolute atomic E-state index is 12.3. The molecule has 0 saturated heterocycles. The molecule has 3 heterocycles. The van der Waals surface area contributed by atoms with Crippen LogP contribution in [0, 0.1) is 6.92 Å². The van der Waals surface area contributed by atoms with Crippen molar-refractivity contribution >= 4 is 17.7 Å². The Bertz CT molecular complexity index is 1030. The molecule has 4 rings (SSSR count). The molecule has 0 radical (unpaired) electrons. The van der Waals surface area contributed by atoms with Gasteiger partial charge < -0.3 is 9.84 Å². The molecule has 0 bridgehead atoms. The average molecular weight is 382 g/mol. The highest BCUT2D eigenvalue weighted by atomic mass is 32.2. The monoisotopic (exact) mass is 382 g/mol. The lowest BCUT2D eigenvalue weighted by Crippen LogP contribution is -2.30. The number of hydrogen-bond donors (Lipinski definition) is 1. The minimum Gasteiger partial charge on any atom is -0.356 e. The standard InChI is InChI=1S/C19H18N4O3S/c1-12-2-4-13(5-3-12)16-8-14(22-26-16)10-21-17(24)9-15-11-27-19-20-7-6-18(25)23(15)19/h2-8,15H,9-11H2,1H3,(H,21,24). The van der Waals surface area contributed by atoms with Crippen molar-refractivity contribution in [1.29, 1.82) is 0 Å². The zero-order valence-electron chi connectivity index (χ0n) is 14.7. The molecule has 0 aliphatic carbocycles. The van der Waals surface area contributed by atoms with Crippen LogP contribution in [0.4, 0.5) is 0 Å². The van der Waals surface area contributed by atoms with Gasteiger partial charge in [-0.1, -0.05) is 46.7 Å². The van der Waals surface area contributed by atoms with Crippen LogP contribution in [0.1, 0.15) is 23.7 Å². The first-order chi connectivity index (χ1) is 13.1. The Morgan fingerprint density at radius 2 is 2.15 bits per heavy atom. The van der Waals surface area contributed by atoms with E-state index in [1.807, 2.05) is 37.3 Å². The third-order valence-corrected chi connectivity index (χ3v) is 5.51. The van der Waals surface area contributed by atoms with E-state index in [0.717, 1.165) is 5.56 Å². The van der Waals surface area contributed by atoms with Crippen LogP contribution in [0.5, 0.6) is 0 Å². The van der Waals surface area contributed by atoms with Gasteiger partial charge in [-0.15, -0.1) is 0 Å². The topological polar surface area (TPSA) is 90.0 Å². The first-order valence-corrected chi connectivity index (χ1v) is 9.58. The van der Waals surface area contributed by atoms with Gasteiger partial charge in [0.05, 0.1) is 12.6 Å². The van der Waals surface area contributed by atoms with E-state index >= 15 is 0 Å². The van der Waals surface area contributed by atoms with Crippen LogP contribution in [0.15, 0.2) is 57.1 Å². The lowest BCUT2D eigenvalue weighted by atomic mass is 10.1. The van der Waals surface area contributed by atoms with Crippen molar-refractivity contribution in [2.45, 2.75) is 31.1 Å². The number of carbonyl (C=O) groups is 1. The Kier molecular flexibility index (Phi) is 4.81.